The van der Waals surface area contributed by atoms with Gasteiger partial charge in [-0.05, 0) is 24.0 Å². The van der Waals surface area contributed by atoms with Gasteiger partial charge in [-0.1, -0.05) is 31.2 Å². The second-order valence-corrected chi connectivity index (χ2v) is 7.49. The van der Waals surface area contributed by atoms with E-state index in [1.54, 1.807) is 7.05 Å². The summed E-state index contributed by atoms with van der Waals surface area (Å²) in [5.41, 5.74) is 2.31. The molecule has 2 fully saturated rings. The van der Waals surface area contributed by atoms with Crippen LogP contribution in [0.1, 0.15) is 43.7 Å². The number of benzene rings is 1. The van der Waals surface area contributed by atoms with Gasteiger partial charge >= 0.3 is 0 Å². The van der Waals surface area contributed by atoms with E-state index in [0.717, 1.165) is 49.6 Å². The van der Waals surface area contributed by atoms with Crippen LogP contribution in [0.3, 0.4) is 0 Å². The molecule has 1 aromatic rings. The molecular formula is C21H31N5O2. The maximum absolute atomic E-state index is 11.8. The molecule has 2 amide bonds. The number of rotatable bonds is 6. The molecule has 2 saturated heterocycles. The van der Waals surface area contributed by atoms with Crippen molar-refractivity contribution < 1.29 is 9.59 Å². The zero-order valence-electron chi connectivity index (χ0n) is 16.9. The maximum Gasteiger partial charge on any atom is 0.222 e. The first-order valence-corrected chi connectivity index (χ1v) is 10.2. The molecule has 0 saturated carbocycles. The van der Waals surface area contributed by atoms with Gasteiger partial charge < -0.3 is 20.4 Å². The second-order valence-electron chi connectivity index (χ2n) is 7.49. The average Bonchev–Trinajstić information content (AvgIpc) is 3.34. The molecule has 0 spiro atoms. The van der Waals surface area contributed by atoms with Crippen molar-refractivity contribution in [2.45, 2.75) is 51.7 Å². The lowest BCUT2D eigenvalue weighted by atomic mass is 10.1. The molecule has 3 rings (SSSR count). The molecule has 1 unspecified atom stereocenters. The van der Waals surface area contributed by atoms with Crippen LogP contribution in [0.2, 0.25) is 0 Å². The normalized spacial score (nSPS) is 20.0. The predicted molar refractivity (Wildman–Crippen MR) is 110 cm³/mol. The van der Waals surface area contributed by atoms with E-state index in [2.05, 4.69) is 33.8 Å². The Labute approximate surface area is 167 Å². The smallest absolute Gasteiger partial charge is 0.222 e. The molecule has 152 valence electrons. The summed E-state index contributed by atoms with van der Waals surface area (Å²) in [6.45, 7) is 5.63. The first kappa shape index (κ1) is 20.2. The Bertz CT molecular complexity index is 733. The molecule has 0 radical (unpaired) electrons. The zero-order valence-corrected chi connectivity index (χ0v) is 16.9. The third kappa shape index (κ3) is 5.24. The van der Waals surface area contributed by atoms with Gasteiger partial charge in [0.15, 0.2) is 5.96 Å². The number of aliphatic imine (C=N–C) groups is 1. The predicted octanol–water partition coefficient (Wildman–Crippen LogP) is 1.48. The van der Waals surface area contributed by atoms with Gasteiger partial charge in [-0.15, -0.1) is 0 Å². The summed E-state index contributed by atoms with van der Waals surface area (Å²) in [5.74, 6) is 1.21. The van der Waals surface area contributed by atoms with Crippen LogP contribution >= 0.6 is 0 Å². The van der Waals surface area contributed by atoms with Gasteiger partial charge in [0.1, 0.15) is 0 Å². The minimum absolute atomic E-state index is 0.209. The number of carbonyl (C=O) groups excluding carboxylic acids is 2. The summed E-state index contributed by atoms with van der Waals surface area (Å²) in [6.07, 6.45) is 3.13. The van der Waals surface area contributed by atoms with Crippen LogP contribution in [-0.4, -0.2) is 60.3 Å². The molecule has 28 heavy (non-hydrogen) atoms. The first-order chi connectivity index (χ1) is 13.6. The van der Waals surface area contributed by atoms with Gasteiger partial charge in [-0.3, -0.25) is 14.6 Å². The molecule has 0 aliphatic carbocycles. The summed E-state index contributed by atoms with van der Waals surface area (Å²) >= 11 is 0. The van der Waals surface area contributed by atoms with E-state index in [4.69, 9.17) is 0 Å². The number of hydrogen-bond acceptors (Lipinski definition) is 3. The quantitative estimate of drug-likeness (QED) is 0.575. The molecule has 1 aromatic carbocycles. The van der Waals surface area contributed by atoms with Crippen molar-refractivity contribution in [2.24, 2.45) is 4.99 Å². The van der Waals surface area contributed by atoms with Gasteiger partial charge in [-0.2, -0.15) is 0 Å². The lowest BCUT2D eigenvalue weighted by Gasteiger charge is -2.19. The van der Waals surface area contributed by atoms with Crippen LogP contribution < -0.4 is 10.6 Å². The van der Waals surface area contributed by atoms with Crippen molar-refractivity contribution >= 4 is 17.8 Å². The second kappa shape index (κ2) is 9.57. The van der Waals surface area contributed by atoms with Crippen LogP contribution in [-0.2, 0) is 22.7 Å². The van der Waals surface area contributed by atoms with E-state index in [0.29, 0.717) is 25.9 Å². The Morgan fingerprint density at radius 1 is 1.29 bits per heavy atom. The third-order valence-corrected chi connectivity index (χ3v) is 5.40. The van der Waals surface area contributed by atoms with Crippen LogP contribution in [0.15, 0.2) is 29.3 Å². The average molecular weight is 386 g/mol. The Morgan fingerprint density at radius 2 is 2.11 bits per heavy atom. The van der Waals surface area contributed by atoms with Gasteiger partial charge in [-0.25, -0.2) is 0 Å². The highest BCUT2D eigenvalue weighted by atomic mass is 16.2. The Balaban J connectivity index is 1.49. The SMILES string of the molecule is CCC(=O)N1CCC(NC(=NC)NCc2cccc(CN3CCCC3=O)c2)C1. The molecule has 0 aromatic heterocycles. The summed E-state index contributed by atoms with van der Waals surface area (Å²) < 4.78 is 0. The van der Waals surface area contributed by atoms with Gasteiger partial charge in [0.2, 0.25) is 11.8 Å². The van der Waals surface area contributed by atoms with Crippen LogP contribution in [0.5, 0.6) is 0 Å². The van der Waals surface area contributed by atoms with E-state index in [-0.39, 0.29) is 17.9 Å². The lowest BCUT2D eigenvalue weighted by Crippen LogP contribution is -2.44. The Morgan fingerprint density at radius 3 is 2.82 bits per heavy atom. The Hall–Kier alpha value is -2.57. The van der Waals surface area contributed by atoms with Crippen LogP contribution in [0.25, 0.3) is 0 Å². The van der Waals surface area contributed by atoms with E-state index in [1.165, 1.54) is 0 Å². The van der Waals surface area contributed by atoms with Crippen molar-refractivity contribution in [3.63, 3.8) is 0 Å². The number of nitrogens with one attached hydrogen (secondary N) is 2. The molecular weight excluding hydrogens is 354 g/mol. The number of amides is 2. The standard InChI is InChI=1S/C21H31N5O2/c1-3-19(27)26-11-9-18(15-26)24-21(22-2)23-13-16-6-4-7-17(12-16)14-25-10-5-8-20(25)28/h4,6-7,12,18H,3,5,8-11,13-15H2,1-2H3,(H2,22,23,24). The number of carbonyl (C=O) groups is 2. The van der Waals surface area contributed by atoms with Gasteiger partial charge in [0.05, 0.1) is 0 Å². The molecule has 0 bridgehead atoms. The van der Waals surface area contributed by atoms with E-state index in [9.17, 15) is 9.59 Å². The highest BCUT2D eigenvalue weighted by molar-refractivity contribution is 5.80. The maximum atomic E-state index is 11.8. The van der Waals surface area contributed by atoms with E-state index >= 15 is 0 Å². The molecule has 1 atom stereocenters. The topological polar surface area (TPSA) is 77.0 Å². The fraction of sp³-hybridized carbons (Fsp3) is 0.571. The van der Waals surface area contributed by atoms with Crippen molar-refractivity contribution in [3.8, 4) is 0 Å². The van der Waals surface area contributed by atoms with E-state index < -0.39 is 0 Å². The van der Waals surface area contributed by atoms with Crippen LogP contribution in [0.4, 0.5) is 0 Å². The number of likely N-dealkylation sites (tertiary alicyclic amines) is 2. The molecule has 2 heterocycles. The van der Waals surface area contributed by atoms with Crippen molar-refractivity contribution in [3.05, 3.63) is 35.4 Å². The minimum Gasteiger partial charge on any atom is -0.352 e. The molecule has 2 N–H and O–H groups in total. The van der Waals surface area contributed by atoms with Gasteiger partial charge in [0.25, 0.3) is 0 Å². The molecule has 7 heteroatoms. The van der Waals surface area contributed by atoms with E-state index in [1.807, 2.05) is 22.8 Å². The highest BCUT2D eigenvalue weighted by Crippen LogP contribution is 2.15. The third-order valence-electron chi connectivity index (χ3n) is 5.40. The first-order valence-electron chi connectivity index (χ1n) is 10.2. The zero-order chi connectivity index (χ0) is 19.9. The van der Waals surface area contributed by atoms with Crippen molar-refractivity contribution in [1.82, 2.24) is 20.4 Å². The lowest BCUT2D eigenvalue weighted by molar-refractivity contribution is -0.130. The highest BCUT2D eigenvalue weighted by Gasteiger charge is 2.25. The minimum atomic E-state index is 0.209. The molecule has 2 aliphatic heterocycles. The summed E-state index contributed by atoms with van der Waals surface area (Å²) in [7, 11) is 1.76. The summed E-state index contributed by atoms with van der Waals surface area (Å²) in [6, 6.07) is 8.55. The van der Waals surface area contributed by atoms with Crippen molar-refractivity contribution in [1.29, 1.82) is 0 Å². The number of nitrogens with zero attached hydrogens (tertiary/aromatic N) is 3. The largest absolute Gasteiger partial charge is 0.352 e. The van der Waals surface area contributed by atoms with Crippen LogP contribution in [0, 0.1) is 0 Å². The number of hydrogen-bond donors (Lipinski definition) is 2. The molecule has 2 aliphatic rings. The molecule has 7 nitrogen and oxygen atoms in total. The summed E-state index contributed by atoms with van der Waals surface area (Å²) in [5, 5.41) is 6.77. The van der Waals surface area contributed by atoms with Gasteiger partial charge in [0, 0.05) is 58.7 Å². The summed E-state index contributed by atoms with van der Waals surface area (Å²) in [4.78, 5) is 31.8. The fourth-order valence-electron chi connectivity index (χ4n) is 3.83. The Kier molecular flexibility index (Phi) is 6.90. The number of guanidine groups is 1. The van der Waals surface area contributed by atoms with Crippen molar-refractivity contribution in [2.75, 3.05) is 26.7 Å². The fourth-order valence-corrected chi connectivity index (χ4v) is 3.83. The monoisotopic (exact) mass is 385 g/mol.